The molecule has 0 unspecified atom stereocenters. The summed E-state index contributed by atoms with van der Waals surface area (Å²) in [6, 6.07) is 5.99. The maximum absolute atomic E-state index is 12.0. The number of benzene rings is 1. The SMILES string of the molecule is Cc1ccc(S(=O)(=O)NN=C[C@H]2CCCN2C(=O)O)cc1. The lowest BCUT2D eigenvalue weighted by Crippen LogP contribution is -2.35. The van der Waals surface area contributed by atoms with E-state index >= 15 is 0 Å². The van der Waals surface area contributed by atoms with Gasteiger partial charge in [-0.2, -0.15) is 13.5 Å². The average molecular weight is 311 g/mol. The van der Waals surface area contributed by atoms with Gasteiger partial charge in [0.25, 0.3) is 10.0 Å². The molecule has 0 spiro atoms. The van der Waals surface area contributed by atoms with E-state index in [1.165, 1.54) is 23.2 Å². The van der Waals surface area contributed by atoms with Crippen molar-refractivity contribution in [1.29, 1.82) is 0 Å². The van der Waals surface area contributed by atoms with Gasteiger partial charge in [-0.25, -0.2) is 9.63 Å². The molecule has 1 heterocycles. The van der Waals surface area contributed by atoms with Gasteiger partial charge in [-0.05, 0) is 31.9 Å². The molecule has 1 aliphatic rings. The Hall–Kier alpha value is -2.09. The van der Waals surface area contributed by atoms with Gasteiger partial charge in [-0.15, -0.1) is 0 Å². The number of hydrazone groups is 1. The van der Waals surface area contributed by atoms with Gasteiger partial charge in [0.15, 0.2) is 0 Å². The molecule has 114 valence electrons. The number of hydrogen-bond acceptors (Lipinski definition) is 4. The Morgan fingerprint density at radius 2 is 2.10 bits per heavy atom. The van der Waals surface area contributed by atoms with Crippen LogP contribution in [0.4, 0.5) is 4.79 Å². The van der Waals surface area contributed by atoms with Crippen LogP contribution in [-0.4, -0.2) is 43.3 Å². The molecule has 0 radical (unpaired) electrons. The third kappa shape index (κ3) is 3.72. The molecule has 1 aliphatic heterocycles. The van der Waals surface area contributed by atoms with Gasteiger partial charge >= 0.3 is 6.09 Å². The number of carboxylic acid groups (broad SMARTS) is 1. The van der Waals surface area contributed by atoms with Crippen molar-refractivity contribution in [2.75, 3.05) is 6.54 Å². The smallest absolute Gasteiger partial charge is 0.407 e. The highest BCUT2D eigenvalue weighted by Crippen LogP contribution is 2.15. The monoisotopic (exact) mass is 311 g/mol. The van der Waals surface area contributed by atoms with E-state index in [0.29, 0.717) is 13.0 Å². The molecule has 0 saturated carbocycles. The zero-order chi connectivity index (χ0) is 15.5. The quantitative estimate of drug-likeness (QED) is 0.648. The largest absolute Gasteiger partial charge is 0.465 e. The highest BCUT2D eigenvalue weighted by atomic mass is 32.2. The van der Waals surface area contributed by atoms with Crippen LogP contribution in [0.15, 0.2) is 34.3 Å². The molecule has 1 amide bonds. The minimum atomic E-state index is -3.72. The van der Waals surface area contributed by atoms with Crippen molar-refractivity contribution in [3.8, 4) is 0 Å². The first-order chi connectivity index (χ1) is 9.90. The molecule has 7 nitrogen and oxygen atoms in total. The predicted octanol–water partition coefficient (Wildman–Crippen LogP) is 1.40. The Kier molecular flexibility index (Phi) is 4.46. The van der Waals surface area contributed by atoms with E-state index in [9.17, 15) is 13.2 Å². The number of nitrogens with zero attached hydrogens (tertiary/aromatic N) is 2. The molecular weight excluding hydrogens is 294 g/mol. The standard InChI is InChI=1S/C13H17N3O4S/c1-10-4-6-12(7-5-10)21(19,20)15-14-9-11-3-2-8-16(11)13(17)18/h4-7,9,11,15H,2-3,8H2,1H3,(H,17,18)/t11-/m1/s1. The lowest BCUT2D eigenvalue weighted by Gasteiger charge is -2.17. The first-order valence-electron chi connectivity index (χ1n) is 6.51. The maximum atomic E-state index is 12.0. The number of amides is 1. The summed E-state index contributed by atoms with van der Waals surface area (Å²) in [6.45, 7) is 2.30. The van der Waals surface area contributed by atoms with Gasteiger partial charge in [-0.3, -0.25) is 0 Å². The van der Waals surface area contributed by atoms with Crippen molar-refractivity contribution in [2.45, 2.75) is 30.7 Å². The summed E-state index contributed by atoms with van der Waals surface area (Å²) in [5, 5.41) is 12.7. The van der Waals surface area contributed by atoms with Gasteiger partial charge < -0.3 is 10.0 Å². The minimum Gasteiger partial charge on any atom is -0.465 e. The molecule has 21 heavy (non-hydrogen) atoms. The summed E-state index contributed by atoms with van der Waals surface area (Å²) in [7, 11) is -3.72. The summed E-state index contributed by atoms with van der Waals surface area (Å²) in [6.07, 6.45) is 1.69. The van der Waals surface area contributed by atoms with E-state index in [1.807, 2.05) is 6.92 Å². The lowest BCUT2D eigenvalue weighted by atomic mass is 10.2. The van der Waals surface area contributed by atoms with Crippen LogP contribution in [0.5, 0.6) is 0 Å². The van der Waals surface area contributed by atoms with Gasteiger partial charge in [0.05, 0.1) is 10.9 Å². The Morgan fingerprint density at radius 1 is 1.43 bits per heavy atom. The van der Waals surface area contributed by atoms with Gasteiger partial charge in [0, 0.05) is 12.8 Å². The molecule has 1 fully saturated rings. The van der Waals surface area contributed by atoms with Gasteiger partial charge in [0.2, 0.25) is 0 Å². The molecule has 1 atom stereocenters. The van der Waals surface area contributed by atoms with Crippen molar-refractivity contribution in [3.63, 3.8) is 0 Å². The molecule has 2 N–H and O–H groups in total. The van der Waals surface area contributed by atoms with Crippen LogP contribution in [0.3, 0.4) is 0 Å². The van der Waals surface area contributed by atoms with E-state index in [-0.39, 0.29) is 10.9 Å². The summed E-state index contributed by atoms with van der Waals surface area (Å²) >= 11 is 0. The van der Waals surface area contributed by atoms with Crippen LogP contribution in [0, 0.1) is 6.92 Å². The number of sulfonamides is 1. The minimum absolute atomic E-state index is 0.117. The van der Waals surface area contributed by atoms with E-state index in [1.54, 1.807) is 12.1 Å². The van der Waals surface area contributed by atoms with E-state index in [2.05, 4.69) is 9.93 Å². The summed E-state index contributed by atoms with van der Waals surface area (Å²) < 4.78 is 24.0. The van der Waals surface area contributed by atoms with E-state index < -0.39 is 16.1 Å². The second kappa shape index (κ2) is 6.13. The first-order valence-corrected chi connectivity index (χ1v) is 8.00. The highest BCUT2D eigenvalue weighted by molar-refractivity contribution is 7.89. The van der Waals surface area contributed by atoms with Crippen LogP contribution < -0.4 is 4.83 Å². The first kappa shape index (κ1) is 15.3. The summed E-state index contributed by atoms with van der Waals surface area (Å²) in [5.74, 6) is 0. The van der Waals surface area contributed by atoms with Crippen molar-refractivity contribution in [2.24, 2.45) is 5.10 Å². The highest BCUT2D eigenvalue weighted by Gasteiger charge is 2.27. The number of carbonyl (C=O) groups is 1. The molecule has 1 aromatic rings. The fraction of sp³-hybridized carbons (Fsp3) is 0.385. The zero-order valence-corrected chi connectivity index (χ0v) is 12.4. The topological polar surface area (TPSA) is 99.1 Å². The fourth-order valence-electron chi connectivity index (χ4n) is 2.14. The third-order valence-electron chi connectivity index (χ3n) is 3.30. The summed E-state index contributed by atoms with van der Waals surface area (Å²) in [5.41, 5.74) is 0.959. The Bertz CT molecular complexity index is 640. The van der Waals surface area contributed by atoms with Crippen molar-refractivity contribution >= 4 is 22.3 Å². The number of aryl methyl sites for hydroxylation is 1. The fourth-order valence-corrected chi connectivity index (χ4v) is 2.94. The molecule has 2 rings (SSSR count). The van der Waals surface area contributed by atoms with Crippen LogP contribution >= 0.6 is 0 Å². The molecule has 0 aliphatic carbocycles. The molecule has 1 aromatic carbocycles. The lowest BCUT2D eigenvalue weighted by molar-refractivity contribution is 0.150. The predicted molar refractivity (Wildman–Crippen MR) is 77.7 cm³/mol. The molecule has 8 heteroatoms. The second-order valence-corrected chi connectivity index (χ2v) is 6.53. The van der Waals surface area contributed by atoms with Crippen molar-refractivity contribution < 1.29 is 18.3 Å². The van der Waals surface area contributed by atoms with Crippen LogP contribution in [-0.2, 0) is 10.0 Å². The number of likely N-dealkylation sites (tertiary alicyclic amines) is 1. The number of hydrogen-bond donors (Lipinski definition) is 2. The number of nitrogens with one attached hydrogen (secondary N) is 1. The van der Waals surface area contributed by atoms with E-state index in [4.69, 9.17) is 5.11 Å². The van der Waals surface area contributed by atoms with Crippen LogP contribution in [0.25, 0.3) is 0 Å². The normalized spacial score (nSPS) is 19.1. The maximum Gasteiger partial charge on any atom is 0.407 e. The molecule has 0 aromatic heterocycles. The van der Waals surface area contributed by atoms with Gasteiger partial charge in [0.1, 0.15) is 0 Å². The van der Waals surface area contributed by atoms with Gasteiger partial charge in [-0.1, -0.05) is 17.7 Å². The van der Waals surface area contributed by atoms with Crippen molar-refractivity contribution in [1.82, 2.24) is 9.73 Å². The molecule has 0 bridgehead atoms. The molecular formula is C13H17N3O4S. The number of rotatable bonds is 4. The van der Waals surface area contributed by atoms with E-state index in [0.717, 1.165) is 12.0 Å². The Morgan fingerprint density at radius 3 is 2.71 bits per heavy atom. The van der Waals surface area contributed by atoms with Crippen LogP contribution in [0.1, 0.15) is 18.4 Å². The zero-order valence-electron chi connectivity index (χ0n) is 11.6. The average Bonchev–Trinajstić information content (AvgIpc) is 2.87. The summed E-state index contributed by atoms with van der Waals surface area (Å²) in [4.78, 5) is 14.4. The Labute approximate surface area is 123 Å². The second-order valence-electron chi connectivity index (χ2n) is 4.87. The third-order valence-corrected chi connectivity index (χ3v) is 4.53. The Balaban J connectivity index is 2.03. The van der Waals surface area contributed by atoms with Crippen LogP contribution in [0.2, 0.25) is 0 Å². The van der Waals surface area contributed by atoms with Crippen molar-refractivity contribution in [3.05, 3.63) is 29.8 Å². The molecule has 1 saturated heterocycles.